The van der Waals surface area contributed by atoms with Crippen LogP contribution in [0.4, 0.5) is 5.69 Å². The van der Waals surface area contributed by atoms with Crippen LogP contribution in [0.2, 0.25) is 0 Å². The zero-order chi connectivity index (χ0) is 11.0. The van der Waals surface area contributed by atoms with E-state index in [1.54, 1.807) is 6.20 Å². The van der Waals surface area contributed by atoms with Crippen molar-refractivity contribution in [2.45, 2.75) is 6.42 Å². The van der Waals surface area contributed by atoms with Crippen LogP contribution in [-0.2, 0) is 6.42 Å². The lowest BCUT2D eigenvalue weighted by Crippen LogP contribution is -2.12. The van der Waals surface area contributed by atoms with Gasteiger partial charge in [-0.1, -0.05) is 0 Å². The number of rotatable bonds is 1. The van der Waals surface area contributed by atoms with Gasteiger partial charge in [0.15, 0.2) is 0 Å². The number of hydrogen-bond donors (Lipinski definition) is 0. The van der Waals surface area contributed by atoms with Crippen molar-refractivity contribution in [1.82, 2.24) is 9.97 Å². The molecule has 0 aromatic carbocycles. The maximum Gasteiger partial charge on any atom is 0.0770 e. The van der Waals surface area contributed by atoms with Gasteiger partial charge in [0, 0.05) is 49.0 Å². The van der Waals surface area contributed by atoms with Crippen molar-refractivity contribution in [3.05, 3.63) is 42.4 Å². The molecular formula is C13H13N3. The van der Waals surface area contributed by atoms with E-state index in [9.17, 15) is 0 Å². The first-order valence-corrected chi connectivity index (χ1v) is 5.45. The van der Waals surface area contributed by atoms with Crippen LogP contribution < -0.4 is 4.90 Å². The smallest absolute Gasteiger partial charge is 0.0770 e. The molecule has 0 radical (unpaired) electrons. The van der Waals surface area contributed by atoms with Crippen LogP contribution in [0.3, 0.4) is 0 Å². The van der Waals surface area contributed by atoms with Crippen LogP contribution in [0.25, 0.3) is 11.3 Å². The van der Waals surface area contributed by atoms with Gasteiger partial charge in [-0.2, -0.15) is 0 Å². The minimum atomic E-state index is 1.07. The highest BCUT2D eigenvalue weighted by Crippen LogP contribution is 2.33. The molecule has 0 saturated heterocycles. The maximum atomic E-state index is 4.49. The molecule has 3 heterocycles. The SMILES string of the molecule is CN1CCc2c1ccnc2-c1cccnc1. The highest BCUT2D eigenvalue weighted by atomic mass is 15.1. The zero-order valence-corrected chi connectivity index (χ0v) is 9.22. The van der Waals surface area contributed by atoms with Crippen molar-refractivity contribution in [3.8, 4) is 11.3 Å². The fourth-order valence-electron chi connectivity index (χ4n) is 2.24. The Morgan fingerprint density at radius 3 is 3.00 bits per heavy atom. The van der Waals surface area contributed by atoms with E-state index >= 15 is 0 Å². The number of nitrogens with zero attached hydrogens (tertiary/aromatic N) is 3. The molecule has 0 spiro atoms. The molecule has 0 unspecified atom stereocenters. The third kappa shape index (κ3) is 1.36. The second-order valence-electron chi connectivity index (χ2n) is 4.07. The van der Waals surface area contributed by atoms with Gasteiger partial charge in [-0.25, -0.2) is 0 Å². The van der Waals surface area contributed by atoms with Crippen LogP contribution in [-0.4, -0.2) is 23.6 Å². The molecule has 0 saturated carbocycles. The summed E-state index contributed by atoms with van der Waals surface area (Å²) in [5.41, 5.74) is 4.83. The lowest BCUT2D eigenvalue weighted by Gasteiger charge is -2.12. The summed E-state index contributed by atoms with van der Waals surface area (Å²) in [5.74, 6) is 0. The van der Waals surface area contributed by atoms with Crippen molar-refractivity contribution < 1.29 is 0 Å². The molecule has 2 aromatic rings. The maximum absolute atomic E-state index is 4.49. The van der Waals surface area contributed by atoms with Gasteiger partial charge in [0.05, 0.1) is 5.69 Å². The molecule has 0 bridgehead atoms. The average molecular weight is 211 g/mol. The molecule has 1 aliphatic heterocycles. The third-order valence-electron chi connectivity index (χ3n) is 3.07. The van der Waals surface area contributed by atoms with Gasteiger partial charge in [-0.05, 0) is 24.6 Å². The summed E-state index contributed by atoms with van der Waals surface area (Å²) in [6, 6.07) is 6.10. The van der Waals surface area contributed by atoms with Crippen LogP contribution in [0, 0.1) is 0 Å². The molecule has 3 rings (SSSR count). The lowest BCUT2D eigenvalue weighted by atomic mass is 10.1. The number of anilines is 1. The number of hydrogen-bond acceptors (Lipinski definition) is 3. The molecule has 0 amide bonds. The van der Waals surface area contributed by atoms with Gasteiger partial charge in [0.1, 0.15) is 0 Å². The quantitative estimate of drug-likeness (QED) is 0.723. The highest BCUT2D eigenvalue weighted by Gasteiger charge is 2.20. The minimum absolute atomic E-state index is 1.07. The Morgan fingerprint density at radius 2 is 2.19 bits per heavy atom. The van der Waals surface area contributed by atoms with E-state index < -0.39 is 0 Å². The Hall–Kier alpha value is -1.90. The van der Waals surface area contributed by atoms with Gasteiger partial charge in [-0.3, -0.25) is 9.97 Å². The Labute approximate surface area is 94.8 Å². The van der Waals surface area contributed by atoms with E-state index in [-0.39, 0.29) is 0 Å². The average Bonchev–Trinajstić information content (AvgIpc) is 2.73. The predicted molar refractivity (Wildman–Crippen MR) is 64.4 cm³/mol. The van der Waals surface area contributed by atoms with Gasteiger partial charge in [0.2, 0.25) is 0 Å². The molecule has 0 N–H and O–H groups in total. The number of pyridine rings is 2. The molecule has 16 heavy (non-hydrogen) atoms. The molecule has 0 fully saturated rings. The summed E-state index contributed by atoms with van der Waals surface area (Å²) in [6.07, 6.45) is 6.62. The van der Waals surface area contributed by atoms with Crippen LogP contribution in [0.15, 0.2) is 36.8 Å². The van der Waals surface area contributed by atoms with Crippen LogP contribution in [0.1, 0.15) is 5.56 Å². The molecule has 3 heteroatoms. The number of aromatic nitrogens is 2. The van der Waals surface area contributed by atoms with Gasteiger partial charge < -0.3 is 4.90 Å². The summed E-state index contributed by atoms with van der Waals surface area (Å²) in [7, 11) is 2.12. The van der Waals surface area contributed by atoms with Crippen molar-refractivity contribution >= 4 is 5.69 Å². The third-order valence-corrected chi connectivity index (χ3v) is 3.07. The monoisotopic (exact) mass is 211 g/mol. The Bertz CT molecular complexity index is 508. The molecule has 2 aromatic heterocycles. The van der Waals surface area contributed by atoms with E-state index in [4.69, 9.17) is 0 Å². The Kier molecular flexibility index (Phi) is 2.10. The van der Waals surface area contributed by atoms with Crippen LogP contribution >= 0.6 is 0 Å². The van der Waals surface area contributed by atoms with E-state index in [2.05, 4.69) is 34.0 Å². The summed E-state index contributed by atoms with van der Waals surface area (Å²) < 4.78 is 0. The summed E-state index contributed by atoms with van der Waals surface area (Å²) in [6.45, 7) is 1.08. The zero-order valence-electron chi connectivity index (χ0n) is 9.22. The molecule has 1 aliphatic rings. The van der Waals surface area contributed by atoms with Gasteiger partial charge in [-0.15, -0.1) is 0 Å². The molecule has 0 aliphatic carbocycles. The van der Waals surface area contributed by atoms with E-state index in [0.717, 1.165) is 24.2 Å². The molecule has 80 valence electrons. The minimum Gasteiger partial charge on any atom is -0.374 e. The normalized spacial score (nSPS) is 13.9. The predicted octanol–water partition coefficient (Wildman–Crippen LogP) is 2.14. The van der Waals surface area contributed by atoms with Crippen molar-refractivity contribution in [2.24, 2.45) is 0 Å². The molecule has 0 atom stereocenters. The van der Waals surface area contributed by atoms with Crippen molar-refractivity contribution in [2.75, 3.05) is 18.5 Å². The first-order chi connectivity index (χ1) is 7.86. The number of likely N-dealkylation sites (N-methyl/N-ethyl adjacent to an activating group) is 1. The van der Waals surface area contributed by atoms with E-state index in [1.807, 2.05) is 18.5 Å². The van der Waals surface area contributed by atoms with Crippen LogP contribution in [0.5, 0.6) is 0 Å². The van der Waals surface area contributed by atoms with Gasteiger partial charge in [0.25, 0.3) is 0 Å². The van der Waals surface area contributed by atoms with E-state index in [0.29, 0.717) is 0 Å². The Morgan fingerprint density at radius 1 is 1.25 bits per heavy atom. The standard InChI is InChI=1S/C13H13N3/c1-16-8-5-11-12(16)4-7-15-13(11)10-3-2-6-14-9-10/h2-4,6-7,9H,5,8H2,1H3. The molecule has 3 nitrogen and oxygen atoms in total. The van der Waals surface area contributed by atoms with Gasteiger partial charge >= 0.3 is 0 Å². The second kappa shape index (κ2) is 3.59. The second-order valence-corrected chi connectivity index (χ2v) is 4.07. The first kappa shape index (κ1) is 9.33. The van der Waals surface area contributed by atoms with E-state index in [1.165, 1.54) is 11.3 Å². The topological polar surface area (TPSA) is 29.0 Å². The largest absolute Gasteiger partial charge is 0.374 e. The van der Waals surface area contributed by atoms with Crippen molar-refractivity contribution in [1.29, 1.82) is 0 Å². The summed E-state index contributed by atoms with van der Waals surface area (Å²) in [5, 5.41) is 0. The Balaban J connectivity index is 2.17. The lowest BCUT2D eigenvalue weighted by molar-refractivity contribution is 0.956. The van der Waals surface area contributed by atoms with Crippen molar-refractivity contribution in [3.63, 3.8) is 0 Å². The summed E-state index contributed by atoms with van der Waals surface area (Å²) in [4.78, 5) is 10.9. The number of fused-ring (bicyclic) bond motifs is 1. The summed E-state index contributed by atoms with van der Waals surface area (Å²) >= 11 is 0. The fraction of sp³-hybridized carbons (Fsp3) is 0.231. The highest BCUT2D eigenvalue weighted by molar-refractivity contribution is 5.72. The molecular weight excluding hydrogens is 198 g/mol. The fourth-order valence-corrected chi connectivity index (χ4v) is 2.24. The first-order valence-electron chi connectivity index (χ1n) is 5.45.